The first-order valence-corrected chi connectivity index (χ1v) is 7.91. The fraction of sp³-hybridized carbons (Fsp3) is 0.0714. The van der Waals surface area contributed by atoms with Crippen molar-refractivity contribution in [2.45, 2.75) is 10.6 Å². The highest BCUT2D eigenvalue weighted by molar-refractivity contribution is 9.10. The molecule has 0 bridgehead atoms. The van der Waals surface area contributed by atoms with Crippen LogP contribution in [0.4, 0.5) is 5.69 Å². The highest BCUT2D eigenvalue weighted by atomic mass is 79.9. The Hall–Kier alpha value is -1.86. The van der Waals surface area contributed by atoms with Crippen LogP contribution in [0.2, 0.25) is 0 Å². The first-order valence-electron chi connectivity index (χ1n) is 6.14. The maximum absolute atomic E-state index is 5.85. The van der Waals surface area contributed by atoms with Gasteiger partial charge in [-0.25, -0.2) is 0 Å². The maximum Gasteiger partial charge on any atom is 0.260 e. The average molecular weight is 363 g/mol. The van der Waals surface area contributed by atoms with E-state index in [1.807, 2.05) is 24.3 Å². The van der Waals surface area contributed by atoms with Crippen molar-refractivity contribution >= 4 is 33.4 Å². The summed E-state index contributed by atoms with van der Waals surface area (Å²) in [5.41, 5.74) is 7.07. The summed E-state index contributed by atoms with van der Waals surface area (Å²) in [6.07, 6.45) is 3.21. The van der Waals surface area contributed by atoms with Gasteiger partial charge in [-0.05, 0) is 34.1 Å². The molecular formula is C14H11BrN4OS. The minimum Gasteiger partial charge on any atom is -0.397 e. The van der Waals surface area contributed by atoms with E-state index in [1.165, 1.54) is 0 Å². The number of pyridine rings is 1. The number of nitrogen functional groups attached to an aromatic ring is 1. The highest BCUT2D eigenvalue weighted by Crippen LogP contribution is 2.30. The van der Waals surface area contributed by atoms with Crippen molar-refractivity contribution in [2.75, 3.05) is 5.73 Å². The Morgan fingerprint density at radius 2 is 2.10 bits per heavy atom. The van der Waals surface area contributed by atoms with Gasteiger partial charge in [-0.1, -0.05) is 17.3 Å². The predicted molar refractivity (Wildman–Crippen MR) is 85.6 cm³/mol. The van der Waals surface area contributed by atoms with Crippen molar-refractivity contribution in [2.24, 2.45) is 0 Å². The van der Waals surface area contributed by atoms with E-state index in [4.69, 9.17) is 10.3 Å². The van der Waals surface area contributed by atoms with Crippen LogP contribution >= 0.6 is 27.7 Å². The second-order valence-electron chi connectivity index (χ2n) is 4.20. The van der Waals surface area contributed by atoms with Crippen molar-refractivity contribution in [1.82, 2.24) is 15.1 Å². The van der Waals surface area contributed by atoms with Gasteiger partial charge in [-0.2, -0.15) is 4.98 Å². The van der Waals surface area contributed by atoms with E-state index < -0.39 is 0 Å². The SMILES string of the molecule is Nc1cnccc1-c1nc(CSc2ccccc2Br)no1. The summed E-state index contributed by atoms with van der Waals surface area (Å²) in [6.45, 7) is 0. The Morgan fingerprint density at radius 1 is 1.24 bits per heavy atom. The van der Waals surface area contributed by atoms with Crippen LogP contribution in [0.15, 0.2) is 56.6 Å². The monoisotopic (exact) mass is 362 g/mol. The summed E-state index contributed by atoms with van der Waals surface area (Å²) < 4.78 is 6.31. The van der Waals surface area contributed by atoms with Gasteiger partial charge < -0.3 is 10.3 Å². The van der Waals surface area contributed by atoms with Crippen LogP contribution in [0, 0.1) is 0 Å². The lowest BCUT2D eigenvalue weighted by Gasteiger charge is -2.00. The lowest BCUT2D eigenvalue weighted by Crippen LogP contribution is -1.91. The standard InChI is InChI=1S/C14H11BrN4OS/c15-10-3-1-2-4-12(10)21-8-13-18-14(20-19-13)9-5-6-17-7-11(9)16/h1-7H,8,16H2. The molecule has 2 N–H and O–H groups in total. The van der Waals surface area contributed by atoms with E-state index >= 15 is 0 Å². The Kier molecular flexibility index (Phi) is 4.21. The first kappa shape index (κ1) is 14.1. The van der Waals surface area contributed by atoms with Crippen LogP contribution in [0.1, 0.15) is 5.82 Å². The molecule has 0 radical (unpaired) electrons. The van der Waals surface area contributed by atoms with Crippen molar-refractivity contribution in [1.29, 1.82) is 0 Å². The minimum absolute atomic E-state index is 0.414. The normalized spacial score (nSPS) is 10.7. The molecule has 2 heterocycles. The molecule has 0 atom stereocenters. The molecule has 0 aliphatic carbocycles. The molecule has 0 aliphatic heterocycles. The van der Waals surface area contributed by atoms with E-state index in [0.29, 0.717) is 28.7 Å². The van der Waals surface area contributed by atoms with E-state index in [1.54, 1.807) is 30.2 Å². The topological polar surface area (TPSA) is 77.8 Å². The summed E-state index contributed by atoms with van der Waals surface area (Å²) >= 11 is 5.15. The third-order valence-electron chi connectivity index (χ3n) is 2.74. The average Bonchev–Trinajstić information content (AvgIpc) is 2.96. The van der Waals surface area contributed by atoms with E-state index in [-0.39, 0.29) is 0 Å². The van der Waals surface area contributed by atoms with Gasteiger partial charge in [0.15, 0.2) is 5.82 Å². The predicted octanol–water partition coefficient (Wildman–Crippen LogP) is 3.77. The largest absolute Gasteiger partial charge is 0.397 e. The van der Waals surface area contributed by atoms with E-state index in [2.05, 4.69) is 31.1 Å². The van der Waals surface area contributed by atoms with Gasteiger partial charge in [-0.15, -0.1) is 11.8 Å². The van der Waals surface area contributed by atoms with Gasteiger partial charge in [0.25, 0.3) is 5.89 Å². The number of halogens is 1. The lowest BCUT2D eigenvalue weighted by molar-refractivity contribution is 0.425. The Bertz CT molecular complexity index is 762. The number of rotatable bonds is 4. The maximum atomic E-state index is 5.85. The fourth-order valence-electron chi connectivity index (χ4n) is 1.73. The zero-order valence-electron chi connectivity index (χ0n) is 10.9. The van der Waals surface area contributed by atoms with Crippen LogP contribution in [0.3, 0.4) is 0 Å². The summed E-state index contributed by atoms with van der Waals surface area (Å²) in [4.78, 5) is 9.43. The molecule has 0 spiro atoms. The molecule has 0 amide bonds. The summed E-state index contributed by atoms with van der Waals surface area (Å²) in [6, 6.07) is 9.77. The third-order valence-corrected chi connectivity index (χ3v) is 4.77. The second-order valence-corrected chi connectivity index (χ2v) is 6.07. The molecule has 0 saturated heterocycles. The molecule has 5 nitrogen and oxygen atoms in total. The molecule has 2 aromatic heterocycles. The molecule has 7 heteroatoms. The quantitative estimate of drug-likeness (QED) is 0.711. The number of nitrogens with two attached hydrogens (primary N) is 1. The molecule has 106 valence electrons. The molecule has 3 rings (SSSR count). The van der Waals surface area contributed by atoms with Gasteiger partial charge in [0.2, 0.25) is 0 Å². The Labute approximate surface area is 134 Å². The smallest absolute Gasteiger partial charge is 0.260 e. The van der Waals surface area contributed by atoms with Crippen molar-refractivity contribution in [3.05, 3.63) is 53.0 Å². The fourth-order valence-corrected chi connectivity index (χ4v) is 3.14. The van der Waals surface area contributed by atoms with Gasteiger partial charge in [0.05, 0.1) is 23.2 Å². The van der Waals surface area contributed by atoms with Crippen LogP contribution in [0.5, 0.6) is 0 Å². The summed E-state index contributed by atoms with van der Waals surface area (Å²) in [5.74, 6) is 1.66. The van der Waals surface area contributed by atoms with E-state index in [0.717, 1.165) is 9.37 Å². The number of hydrogen-bond donors (Lipinski definition) is 1. The first-order chi connectivity index (χ1) is 10.2. The Balaban J connectivity index is 1.74. The highest BCUT2D eigenvalue weighted by Gasteiger charge is 2.12. The third kappa shape index (κ3) is 3.25. The zero-order valence-corrected chi connectivity index (χ0v) is 13.3. The number of thioether (sulfide) groups is 1. The second kappa shape index (κ2) is 6.28. The minimum atomic E-state index is 0.414. The molecule has 21 heavy (non-hydrogen) atoms. The molecule has 3 aromatic rings. The molecular weight excluding hydrogens is 352 g/mol. The van der Waals surface area contributed by atoms with Gasteiger partial charge in [0, 0.05) is 15.6 Å². The van der Waals surface area contributed by atoms with Crippen LogP contribution in [0.25, 0.3) is 11.5 Å². The van der Waals surface area contributed by atoms with Crippen LogP contribution in [-0.4, -0.2) is 15.1 Å². The Morgan fingerprint density at radius 3 is 2.90 bits per heavy atom. The van der Waals surface area contributed by atoms with Crippen LogP contribution < -0.4 is 5.73 Å². The molecule has 0 unspecified atom stereocenters. The summed E-state index contributed by atoms with van der Waals surface area (Å²) in [7, 11) is 0. The molecule has 1 aromatic carbocycles. The van der Waals surface area contributed by atoms with Gasteiger partial charge in [-0.3, -0.25) is 4.98 Å². The van der Waals surface area contributed by atoms with Crippen molar-refractivity contribution < 1.29 is 4.52 Å². The summed E-state index contributed by atoms with van der Waals surface area (Å²) in [5, 5.41) is 3.98. The van der Waals surface area contributed by atoms with Gasteiger partial charge in [0.1, 0.15) is 0 Å². The van der Waals surface area contributed by atoms with Crippen molar-refractivity contribution in [3.63, 3.8) is 0 Å². The molecule has 0 aliphatic rings. The van der Waals surface area contributed by atoms with E-state index in [9.17, 15) is 0 Å². The zero-order chi connectivity index (χ0) is 14.7. The lowest BCUT2D eigenvalue weighted by atomic mass is 10.2. The number of benzene rings is 1. The number of anilines is 1. The van der Waals surface area contributed by atoms with Crippen LogP contribution in [-0.2, 0) is 5.75 Å². The molecule has 0 fully saturated rings. The number of nitrogens with zero attached hydrogens (tertiary/aromatic N) is 3. The number of hydrogen-bond acceptors (Lipinski definition) is 6. The van der Waals surface area contributed by atoms with Gasteiger partial charge >= 0.3 is 0 Å². The number of aromatic nitrogens is 3. The molecule has 0 saturated carbocycles. The van der Waals surface area contributed by atoms with Crippen molar-refractivity contribution in [3.8, 4) is 11.5 Å².